The third-order valence-electron chi connectivity index (χ3n) is 2.91. The van der Waals surface area contributed by atoms with E-state index in [4.69, 9.17) is 0 Å². The first kappa shape index (κ1) is 10.7. The van der Waals surface area contributed by atoms with E-state index in [0.29, 0.717) is 23.3 Å². The number of hydrogen-bond donors (Lipinski definition) is 1. The highest BCUT2D eigenvalue weighted by atomic mass is 16.1. The van der Waals surface area contributed by atoms with Crippen LogP contribution in [0.15, 0.2) is 41.5 Å². The van der Waals surface area contributed by atoms with E-state index in [0.717, 1.165) is 5.82 Å². The number of nitrogens with zero attached hydrogens (tertiary/aromatic N) is 3. The Morgan fingerprint density at radius 2 is 2.17 bits per heavy atom. The number of imidazole rings is 1. The lowest BCUT2D eigenvalue weighted by Gasteiger charge is -2.05. The van der Waals surface area contributed by atoms with Gasteiger partial charge in [0.05, 0.1) is 17.4 Å². The zero-order valence-electron chi connectivity index (χ0n) is 9.92. The van der Waals surface area contributed by atoms with Gasteiger partial charge in [-0.1, -0.05) is 12.1 Å². The van der Waals surface area contributed by atoms with E-state index in [2.05, 4.69) is 15.0 Å². The summed E-state index contributed by atoms with van der Waals surface area (Å²) in [7, 11) is 0. The van der Waals surface area contributed by atoms with Crippen molar-refractivity contribution in [1.82, 2.24) is 19.5 Å². The third kappa shape index (κ3) is 1.79. The second kappa shape index (κ2) is 4.10. The molecule has 0 aliphatic carbocycles. The van der Waals surface area contributed by atoms with Gasteiger partial charge in [-0.2, -0.15) is 0 Å². The van der Waals surface area contributed by atoms with E-state index in [1.807, 2.05) is 35.9 Å². The van der Waals surface area contributed by atoms with Gasteiger partial charge in [0.1, 0.15) is 11.6 Å². The number of benzene rings is 1. The van der Waals surface area contributed by atoms with Crippen LogP contribution in [0.4, 0.5) is 0 Å². The highest BCUT2D eigenvalue weighted by Crippen LogP contribution is 2.07. The van der Waals surface area contributed by atoms with Gasteiger partial charge in [-0.05, 0) is 19.1 Å². The SMILES string of the molecule is Cc1nccn1Cc1nc2ccccc2c(=O)[nH]1. The van der Waals surface area contributed by atoms with Gasteiger partial charge in [0.25, 0.3) is 5.56 Å². The fraction of sp³-hybridized carbons (Fsp3) is 0.154. The van der Waals surface area contributed by atoms with Gasteiger partial charge in [-0.25, -0.2) is 9.97 Å². The maximum atomic E-state index is 11.9. The number of nitrogens with one attached hydrogen (secondary N) is 1. The highest BCUT2D eigenvalue weighted by molar-refractivity contribution is 5.77. The molecule has 5 nitrogen and oxygen atoms in total. The first-order chi connectivity index (χ1) is 8.74. The van der Waals surface area contributed by atoms with Crippen LogP contribution in [0.25, 0.3) is 10.9 Å². The number of fused-ring (bicyclic) bond motifs is 1. The summed E-state index contributed by atoms with van der Waals surface area (Å²) in [5.74, 6) is 1.53. The van der Waals surface area contributed by atoms with Gasteiger partial charge < -0.3 is 9.55 Å². The Hall–Kier alpha value is -2.43. The molecule has 0 spiro atoms. The minimum absolute atomic E-state index is 0.103. The average Bonchev–Trinajstić information content (AvgIpc) is 2.75. The Morgan fingerprint density at radius 3 is 2.94 bits per heavy atom. The summed E-state index contributed by atoms with van der Waals surface area (Å²) in [4.78, 5) is 23.3. The summed E-state index contributed by atoms with van der Waals surface area (Å²) in [5.41, 5.74) is 0.613. The molecule has 0 aliphatic heterocycles. The monoisotopic (exact) mass is 240 g/mol. The van der Waals surface area contributed by atoms with Gasteiger partial charge in [0.15, 0.2) is 0 Å². The zero-order valence-corrected chi connectivity index (χ0v) is 9.92. The minimum Gasteiger partial charge on any atom is -0.328 e. The summed E-state index contributed by atoms with van der Waals surface area (Å²) in [6.45, 7) is 2.44. The molecule has 1 aromatic carbocycles. The average molecular weight is 240 g/mol. The predicted octanol–water partition coefficient (Wildman–Crippen LogP) is 1.48. The van der Waals surface area contributed by atoms with Crippen LogP contribution in [0.5, 0.6) is 0 Å². The van der Waals surface area contributed by atoms with Crippen LogP contribution < -0.4 is 5.56 Å². The van der Waals surface area contributed by atoms with Crippen molar-refractivity contribution >= 4 is 10.9 Å². The Kier molecular flexibility index (Phi) is 2.44. The van der Waals surface area contributed by atoms with E-state index < -0.39 is 0 Å². The molecule has 1 N–H and O–H groups in total. The van der Waals surface area contributed by atoms with E-state index in [1.54, 1.807) is 12.3 Å². The van der Waals surface area contributed by atoms with Gasteiger partial charge in [-0.15, -0.1) is 0 Å². The summed E-state index contributed by atoms with van der Waals surface area (Å²) >= 11 is 0. The van der Waals surface area contributed by atoms with Crippen LogP contribution >= 0.6 is 0 Å². The molecule has 0 amide bonds. The van der Waals surface area contributed by atoms with Crippen molar-refractivity contribution < 1.29 is 0 Å². The van der Waals surface area contributed by atoms with Gasteiger partial charge in [0, 0.05) is 12.4 Å². The van der Waals surface area contributed by atoms with Crippen molar-refractivity contribution in [2.75, 3.05) is 0 Å². The zero-order chi connectivity index (χ0) is 12.5. The van der Waals surface area contributed by atoms with E-state index >= 15 is 0 Å². The quantitative estimate of drug-likeness (QED) is 0.737. The standard InChI is InChI=1S/C13H12N4O/c1-9-14-6-7-17(9)8-12-15-11-5-3-2-4-10(11)13(18)16-12/h2-7H,8H2,1H3,(H,15,16,18). The maximum absolute atomic E-state index is 11.9. The molecule has 3 rings (SSSR count). The van der Waals surface area contributed by atoms with Crippen molar-refractivity contribution in [3.05, 3.63) is 58.7 Å². The normalized spacial score (nSPS) is 10.9. The van der Waals surface area contributed by atoms with Crippen molar-refractivity contribution in [1.29, 1.82) is 0 Å². The van der Waals surface area contributed by atoms with Gasteiger partial charge in [0.2, 0.25) is 0 Å². The smallest absolute Gasteiger partial charge is 0.258 e. The molecule has 5 heteroatoms. The number of H-pyrrole nitrogens is 1. The molecule has 3 aromatic rings. The fourth-order valence-electron chi connectivity index (χ4n) is 1.94. The van der Waals surface area contributed by atoms with Crippen molar-refractivity contribution in [3.8, 4) is 0 Å². The Morgan fingerprint density at radius 1 is 1.33 bits per heavy atom. The Balaban J connectivity index is 2.08. The summed E-state index contributed by atoms with van der Waals surface area (Å²) in [5, 5.41) is 0.614. The molecular weight excluding hydrogens is 228 g/mol. The molecule has 0 aliphatic rings. The topological polar surface area (TPSA) is 63.6 Å². The molecule has 0 saturated heterocycles. The summed E-state index contributed by atoms with van der Waals surface area (Å²) in [6.07, 6.45) is 3.60. The van der Waals surface area contributed by atoms with E-state index in [-0.39, 0.29) is 5.56 Å². The lowest BCUT2D eigenvalue weighted by molar-refractivity contribution is 0.718. The molecule has 0 fully saturated rings. The summed E-state index contributed by atoms with van der Waals surface area (Å²) < 4.78 is 1.94. The molecule has 2 aromatic heterocycles. The number of para-hydroxylation sites is 1. The van der Waals surface area contributed by atoms with Crippen LogP contribution in [0.1, 0.15) is 11.6 Å². The molecule has 0 atom stereocenters. The number of aromatic nitrogens is 4. The van der Waals surface area contributed by atoms with Crippen LogP contribution in [-0.2, 0) is 6.54 Å². The molecule has 90 valence electrons. The second-order valence-corrected chi connectivity index (χ2v) is 4.13. The van der Waals surface area contributed by atoms with Crippen molar-refractivity contribution in [2.45, 2.75) is 13.5 Å². The predicted molar refractivity (Wildman–Crippen MR) is 68.4 cm³/mol. The summed E-state index contributed by atoms with van der Waals surface area (Å²) in [6, 6.07) is 7.32. The third-order valence-corrected chi connectivity index (χ3v) is 2.91. The maximum Gasteiger partial charge on any atom is 0.258 e. The minimum atomic E-state index is -0.103. The highest BCUT2D eigenvalue weighted by Gasteiger charge is 2.04. The number of hydrogen-bond acceptors (Lipinski definition) is 3. The number of aromatic amines is 1. The Bertz CT molecular complexity index is 757. The number of aryl methyl sites for hydroxylation is 1. The van der Waals surface area contributed by atoms with Gasteiger partial charge in [-0.3, -0.25) is 4.79 Å². The number of rotatable bonds is 2. The van der Waals surface area contributed by atoms with E-state index in [9.17, 15) is 4.79 Å². The molecule has 0 bridgehead atoms. The molecule has 0 unspecified atom stereocenters. The van der Waals surface area contributed by atoms with Crippen molar-refractivity contribution in [3.63, 3.8) is 0 Å². The largest absolute Gasteiger partial charge is 0.328 e. The lowest BCUT2D eigenvalue weighted by atomic mass is 10.2. The molecule has 18 heavy (non-hydrogen) atoms. The van der Waals surface area contributed by atoms with E-state index in [1.165, 1.54) is 0 Å². The lowest BCUT2D eigenvalue weighted by Crippen LogP contribution is -2.14. The van der Waals surface area contributed by atoms with Crippen LogP contribution in [-0.4, -0.2) is 19.5 Å². The van der Waals surface area contributed by atoms with Crippen LogP contribution in [0.2, 0.25) is 0 Å². The molecule has 0 saturated carbocycles. The van der Waals surface area contributed by atoms with Crippen LogP contribution in [0.3, 0.4) is 0 Å². The van der Waals surface area contributed by atoms with Crippen molar-refractivity contribution in [2.24, 2.45) is 0 Å². The molecule has 2 heterocycles. The molecular formula is C13H12N4O. The Labute approximate surface area is 103 Å². The first-order valence-corrected chi connectivity index (χ1v) is 5.70. The fourth-order valence-corrected chi connectivity index (χ4v) is 1.94. The first-order valence-electron chi connectivity index (χ1n) is 5.70. The van der Waals surface area contributed by atoms with Gasteiger partial charge >= 0.3 is 0 Å². The second-order valence-electron chi connectivity index (χ2n) is 4.13. The molecule has 0 radical (unpaired) electrons. The van der Waals surface area contributed by atoms with Crippen LogP contribution in [0, 0.1) is 6.92 Å².